The number of fused-ring (bicyclic) bond motifs is 1. The number of aliphatic carboxylic acids is 1. The van der Waals surface area contributed by atoms with Crippen LogP contribution in [-0.2, 0) is 9.53 Å². The number of hydrogen-bond acceptors (Lipinski definition) is 3. The van der Waals surface area contributed by atoms with Crippen LogP contribution in [0.2, 0.25) is 0 Å². The Balaban J connectivity index is 2.48. The van der Waals surface area contributed by atoms with Crippen LogP contribution >= 0.6 is 11.6 Å². The van der Waals surface area contributed by atoms with E-state index in [0.29, 0.717) is 6.42 Å². The van der Waals surface area contributed by atoms with E-state index in [-0.39, 0.29) is 12.8 Å². The van der Waals surface area contributed by atoms with Crippen LogP contribution in [0.4, 0.5) is 18.0 Å². The Morgan fingerprint density at radius 2 is 2.11 bits per heavy atom. The molecule has 1 saturated heterocycles. The predicted molar refractivity (Wildman–Crippen MR) is 56.8 cm³/mol. The molecule has 4 unspecified atom stereocenters. The van der Waals surface area contributed by atoms with E-state index < -0.39 is 41.2 Å². The second-order valence-electron chi connectivity index (χ2n) is 4.70. The average Bonchev–Trinajstić information content (AvgIpc) is 2.26. The number of alkyl carbamates (subject to hydrolysis) is 1. The van der Waals surface area contributed by atoms with Gasteiger partial charge in [-0.2, -0.15) is 13.2 Å². The van der Waals surface area contributed by atoms with Crippen LogP contribution in [0.5, 0.6) is 0 Å². The number of ether oxygens (including phenoxy) is 1. The van der Waals surface area contributed by atoms with Gasteiger partial charge in [-0.3, -0.25) is 0 Å². The second kappa shape index (κ2) is 4.43. The van der Waals surface area contributed by atoms with Gasteiger partial charge in [-0.25, -0.2) is 9.59 Å². The lowest BCUT2D eigenvalue weighted by Crippen LogP contribution is -2.70. The number of alkyl halides is 4. The molecule has 0 radical (unpaired) electrons. The van der Waals surface area contributed by atoms with E-state index in [2.05, 4.69) is 10.1 Å². The van der Waals surface area contributed by atoms with E-state index in [1.165, 1.54) is 0 Å². The topological polar surface area (TPSA) is 75.6 Å². The van der Waals surface area contributed by atoms with Crippen LogP contribution < -0.4 is 5.32 Å². The summed E-state index contributed by atoms with van der Waals surface area (Å²) >= 11 is 5.83. The average molecular weight is 302 g/mol. The number of halogens is 4. The van der Waals surface area contributed by atoms with E-state index in [1.54, 1.807) is 0 Å². The maximum Gasteiger partial charge on any atom is 0.440 e. The molecule has 2 aliphatic rings. The zero-order valence-electron chi connectivity index (χ0n) is 9.54. The van der Waals surface area contributed by atoms with Crippen LogP contribution in [-0.4, -0.2) is 40.4 Å². The van der Waals surface area contributed by atoms with Crippen LogP contribution in [0.25, 0.3) is 0 Å². The van der Waals surface area contributed by atoms with Crippen LogP contribution in [0.1, 0.15) is 19.3 Å². The molecule has 0 aromatic rings. The Morgan fingerprint density at radius 3 is 2.63 bits per heavy atom. The monoisotopic (exact) mass is 301 g/mol. The van der Waals surface area contributed by atoms with Crippen molar-refractivity contribution in [3.8, 4) is 0 Å². The number of hydrogen-bond donors (Lipinski definition) is 2. The minimum atomic E-state index is -5.20. The fraction of sp³-hybridized carbons (Fsp3) is 0.800. The normalized spacial score (nSPS) is 38.9. The first-order chi connectivity index (χ1) is 8.68. The van der Waals surface area contributed by atoms with Gasteiger partial charge in [0, 0.05) is 17.3 Å². The van der Waals surface area contributed by atoms with Crippen molar-refractivity contribution in [3.05, 3.63) is 0 Å². The lowest BCUT2D eigenvalue weighted by atomic mass is 9.72. The molecule has 1 saturated carbocycles. The van der Waals surface area contributed by atoms with Gasteiger partial charge in [-0.05, 0) is 19.3 Å². The summed E-state index contributed by atoms with van der Waals surface area (Å²) in [4.78, 5) is 22.4. The Kier molecular flexibility index (Phi) is 3.32. The highest BCUT2D eigenvalue weighted by Gasteiger charge is 2.72. The summed E-state index contributed by atoms with van der Waals surface area (Å²) in [6.07, 6.45) is -6.14. The molecule has 108 valence electrons. The highest BCUT2D eigenvalue weighted by atomic mass is 35.5. The summed E-state index contributed by atoms with van der Waals surface area (Å²) in [5.74, 6) is -3.64. The van der Waals surface area contributed by atoms with E-state index in [4.69, 9.17) is 16.7 Å². The number of rotatable bonds is 1. The smallest absolute Gasteiger partial charge is 0.440 e. The first kappa shape index (κ1) is 14.2. The van der Waals surface area contributed by atoms with Gasteiger partial charge in [0.05, 0.1) is 0 Å². The molecule has 0 aromatic heterocycles. The van der Waals surface area contributed by atoms with Gasteiger partial charge in [0.1, 0.15) is 0 Å². The molecule has 0 spiro atoms. The molecular formula is C10H11ClF3NO4. The number of amides is 1. The van der Waals surface area contributed by atoms with Crippen molar-refractivity contribution < 1.29 is 32.6 Å². The number of carboxylic acids is 1. The molecule has 0 aromatic carbocycles. The molecule has 9 heteroatoms. The van der Waals surface area contributed by atoms with Crippen molar-refractivity contribution in [2.45, 2.75) is 42.5 Å². The third-order valence-corrected chi connectivity index (χ3v) is 4.00. The van der Waals surface area contributed by atoms with E-state index in [0.717, 1.165) is 0 Å². The molecule has 19 heavy (non-hydrogen) atoms. The maximum atomic E-state index is 13.2. The van der Waals surface area contributed by atoms with Gasteiger partial charge in [-0.1, -0.05) is 0 Å². The lowest BCUT2D eigenvalue weighted by Gasteiger charge is -2.47. The maximum absolute atomic E-state index is 13.2. The fourth-order valence-corrected chi connectivity index (χ4v) is 3.05. The molecule has 2 N–H and O–H groups in total. The number of cyclic esters (lactones) is 1. The molecule has 1 aliphatic heterocycles. The standard InChI is InChI=1S/C10H11ClF3NO4/c11-4-1-2-6-5(3-4)9(7(16)17,10(12,13)14)19-8(18)15-6/h4-6H,1-3H2,(H,15,18)(H,16,17). The molecule has 0 bridgehead atoms. The number of nitrogens with one attached hydrogen (secondary N) is 1. The van der Waals surface area contributed by atoms with Gasteiger partial charge in [0.15, 0.2) is 0 Å². The van der Waals surface area contributed by atoms with Crippen molar-refractivity contribution in [3.63, 3.8) is 0 Å². The minimum Gasteiger partial charge on any atom is -0.478 e. The zero-order valence-corrected chi connectivity index (χ0v) is 10.3. The summed E-state index contributed by atoms with van der Waals surface area (Å²) in [5, 5.41) is 10.7. The molecule has 5 nitrogen and oxygen atoms in total. The van der Waals surface area contributed by atoms with Gasteiger partial charge in [0.2, 0.25) is 0 Å². The number of carbonyl (C=O) groups excluding carboxylic acids is 1. The van der Waals surface area contributed by atoms with Crippen molar-refractivity contribution in [1.82, 2.24) is 5.32 Å². The first-order valence-electron chi connectivity index (χ1n) is 5.62. The van der Waals surface area contributed by atoms with Crippen LogP contribution in [0.15, 0.2) is 0 Å². The van der Waals surface area contributed by atoms with Crippen LogP contribution in [0, 0.1) is 5.92 Å². The molecule has 2 rings (SSSR count). The number of carbonyl (C=O) groups is 2. The Labute approximate surface area is 111 Å². The molecule has 1 aliphatic carbocycles. The highest BCUT2D eigenvalue weighted by molar-refractivity contribution is 6.20. The summed E-state index contributed by atoms with van der Waals surface area (Å²) in [5.41, 5.74) is -3.52. The fourth-order valence-electron chi connectivity index (χ4n) is 2.74. The van der Waals surface area contributed by atoms with Gasteiger partial charge >= 0.3 is 23.8 Å². The summed E-state index contributed by atoms with van der Waals surface area (Å²) < 4.78 is 43.8. The van der Waals surface area contributed by atoms with E-state index in [1.807, 2.05) is 0 Å². The summed E-state index contributed by atoms with van der Waals surface area (Å²) in [7, 11) is 0. The molecule has 4 atom stereocenters. The first-order valence-corrected chi connectivity index (χ1v) is 6.06. The zero-order chi connectivity index (χ0) is 14.4. The van der Waals surface area contributed by atoms with Gasteiger partial charge in [-0.15, -0.1) is 11.6 Å². The summed E-state index contributed by atoms with van der Waals surface area (Å²) in [6, 6.07) is -0.894. The van der Waals surface area contributed by atoms with Crippen molar-refractivity contribution in [2.24, 2.45) is 5.92 Å². The summed E-state index contributed by atoms with van der Waals surface area (Å²) in [6.45, 7) is 0. The predicted octanol–water partition coefficient (Wildman–Crippen LogP) is 1.89. The van der Waals surface area contributed by atoms with E-state index >= 15 is 0 Å². The Hall–Kier alpha value is -1.18. The Bertz CT molecular complexity index is 416. The van der Waals surface area contributed by atoms with Crippen molar-refractivity contribution in [2.75, 3.05) is 0 Å². The van der Waals surface area contributed by atoms with E-state index in [9.17, 15) is 22.8 Å². The van der Waals surface area contributed by atoms with Gasteiger partial charge < -0.3 is 15.2 Å². The lowest BCUT2D eigenvalue weighted by molar-refractivity contribution is -0.285. The SMILES string of the molecule is O=C1NC2CCC(Cl)CC2C(C(=O)O)(C(F)(F)F)O1. The molecule has 1 amide bonds. The third-order valence-electron chi connectivity index (χ3n) is 3.60. The molecule has 2 fully saturated rings. The largest absolute Gasteiger partial charge is 0.478 e. The highest BCUT2D eigenvalue weighted by Crippen LogP contribution is 2.48. The van der Waals surface area contributed by atoms with Crippen molar-refractivity contribution >= 4 is 23.7 Å². The Morgan fingerprint density at radius 1 is 1.47 bits per heavy atom. The third kappa shape index (κ3) is 2.11. The quantitative estimate of drug-likeness (QED) is 0.725. The van der Waals surface area contributed by atoms with Gasteiger partial charge in [0.25, 0.3) is 0 Å². The molecular weight excluding hydrogens is 291 g/mol. The molecule has 1 heterocycles. The number of carboxylic acid groups (broad SMARTS) is 1. The van der Waals surface area contributed by atoms with Crippen molar-refractivity contribution in [1.29, 1.82) is 0 Å². The second-order valence-corrected chi connectivity index (χ2v) is 5.31. The van der Waals surface area contributed by atoms with Crippen LogP contribution in [0.3, 0.4) is 0 Å². The minimum absolute atomic E-state index is 0.182.